The maximum atomic E-state index is 12.3. The Bertz CT molecular complexity index is 535. The SMILES string of the molecule is O=C(O)C(CC(F)F)NC(=O)C1OCCc2ccccc21. The molecule has 2 unspecified atom stereocenters. The predicted molar refractivity (Wildman–Crippen MR) is 69.0 cm³/mol. The molecule has 1 aliphatic rings. The van der Waals surface area contributed by atoms with Crippen LogP contribution in [0.3, 0.4) is 0 Å². The molecule has 2 rings (SSSR count). The zero-order valence-corrected chi connectivity index (χ0v) is 11.1. The fourth-order valence-corrected chi connectivity index (χ4v) is 2.26. The molecule has 0 aliphatic carbocycles. The van der Waals surface area contributed by atoms with Crippen LogP contribution in [-0.2, 0) is 20.7 Å². The number of carboxylic acid groups (broad SMARTS) is 1. The molecule has 2 N–H and O–H groups in total. The number of halogens is 2. The van der Waals surface area contributed by atoms with E-state index in [-0.39, 0.29) is 0 Å². The number of carbonyl (C=O) groups excluding carboxylic acids is 1. The first-order chi connectivity index (χ1) is 9.99. The Morgan fingerprint density at radius 1 is 1.38 bits per heavy atom. The first kappa shape index (κ1) is 15.4. The van der Waals surface area contributed by atoms with Gasteiger partial charge in [0.05, 0.1) is 6.61 Å². The van der Waals surface area contributed by atoms with Crippen molar-refractivity contribution in [3.05, 3.63) is 35.4 Å². The van der Waals surface area contributed by atoms with Crippen molar-refractivity contribution in [2.45, 2.75) is 31.4 Å². The molecule has 1 amide bonds. The Balaban J connectivity index is 2.12. The number of ether oxygens (including phenoxy) is 1. The summed E-state index contributed by atoms with van der Waals surface area (Å²) in [6, 6.07) is 5.50. The van der Waals surface area contributed by atoms with Crippen LogP contribution in [0.1, 0.15) is 23.7 Å². The highest BCUT2D eigenvalue weighted by molar-refractivity contribution is 5.87. The van der Waals surface area contributed by atoms with E-state index >= 15 is 0 Å². The molecule has 7 heteroatoms. The molecule has 1 aliphatic heterocycles. The lowest BCUT2D eigenvalue weighted by molar-refractivity contribution is -0.146. The van der Waals surface area contributed by atoms with Crippen molar-refractivity contribution in [3.8, 4) is 0 Å². The number of carboxylic acids is 1. The van der Waals surface area contributed by atoms with E-state index in [1.807, 2.05) is 12.1 Å². The average molecular weight is 299 g/mol. The van der Waals surface area contributed by atoms with Crippen molar-refractivity contribution in [2.24, 2.45) is 0 Å². The highest BCUT2D eigenvalue weighted by Gasteiger charge is 2.31. The van der Waals surface area contributed by atoms with Crippen molar-refractivity contribution < 1.29 is 28.2 Å². The minimum Gasteiger partial charge on any atom is -0.480 e. The number of nitrogens with one attached hydrogen (secondary N) is 1. The predicted octanol–water partition coefficient (Wildman–Crippen LogP) is 1.52. The minimum atomic E-state index is -2.81. The van der Waals surface area contributed by atoms with Crippen LogP contribution in [0.5, 0.6) is 0 Å². The van der Waals surface area contributed by atoms with E-state index < -0.39 is 36.9 Å². The van der Waals surface area contributed by atoms with E-state index in [1.165, 1.54) is 0 Å². The van der Waals surface area contributed by atoms with Gasteiger partial charge in [0.2, 0.25) is 6.43 Å². The van der Waals surface area contributed by atoms with Gasteiger partial charge in [0, 0.05) is 6.42 Å². The van der Waals surface area contributed by atoms with E-state index in [0.717, 1.165) is 5.56 Å². The second-order valence-electron chi connectivity index (χ2n) is 4.73. The Morgan fingerprint density at radius 2 is 2.10 bits per heavy atom. The largest absolute Gasteiger partial charge is 0.480 e. The van der Waals surface area contributed by atoms with Crippen LogP contribution < -0.4 is 5.32 Å². The summed E-state index contributed by atoms with van der Waals surface area (Å²) in [5.41, 5.74) is 1.58. The first-order valence-electron chi connectivity index (χ1n) is 6.49. The van der Waals surface area contributed by atoms with Gasteiger partial charge in [0.15, 0.2) is 6.10 Å². The number of amides is 1. The maximum absolute atomic E-state index is 12.3. The second-order valence-corrected chi connectivity index (χ2v) is 4.73. The third-order valence-electron chi connectivity index (χ3n) is 3.26. The molecular weight excluding hydrogens is 284 g/mol. The number of benzene rings is 1. The zero-order chi connectivity index (χ0) is 15.4. The average Bonchev–Trinajstić information content (AvgIpc) is 2.45. The first-order valence-corrected chi connectivity index (χ1v) is 6.49. The summed E-state index contributed by atoms with van der Waals surface area (Å²) in [6.07, 6.45) is -4.06. The third kappa shape index (κ3) is 3.75. The summed E-state index contributed by atoms with van der Waals surface area (Å²) < 4.78 is 30.0. The van der Waals surface area contributed by atoms with Gasteiger partial charge in [-0.2, -0.15) is 0 Å². The fraction of sp³-hybridized carbons (Fsp3) is 0.429. The molecule has 5 nitrogen and oxygen atoms in total. The second kappa shape index (κ2) is 6.62. The lowest BCUT2D eigenvalue weighted by Gasteiger charge is -2.26. The molecule has 0 spiro atoms. The Morgan fingerprint density at radius 3 is 2.76 bits per heavy atom. The summed E-state index contributed by atoms with van der Waals surface area (Å²) >= 11 is 0. The molecule has 0 radical (unpaired) electrons. The van der Waals surface area contributed by atoms with Crippen LogP contribution in [0.2, 0.25) is 0 Å². The normalized spacial score (nSPS) is 18.9. The van der Waals surface area contributed by atoms with Crippen molar-refractivity contribution in [2.75, 3.05) is 6.61 Å². The highest BCUT2D eigenvalue weighted by Crippen LogP contribution is 2.27. The minimum absolute atomic E-state index is 0.321. The van der Waals surface area contributed by atoms with Crippen molar-refractivity contribution in [3.63, 3.8) is 0 Å². The molecule has 0 saturated heterocycles. The van der Waals surface area contributed by atoms with Gasteiger partial charge in [-0.15, -0.1) is 0 Å². The summed E-state index contributed by atoms with van der Waals surface area (Å²) in [7, 11) is 0. The van der Waals surface area contributed by atoms with Crippen LogP contribution in [0.25, 0.3) is 0 Å². The molecule has 21 heavy (non-hydrogen) atoms. The van der Waals surface area contributed by atoms with Crippen molar-refractivity contribution >= 4 is 11.9 Å². The molecule has 0 fully saturated rings. The van der Waals surface area contributed by atoms with Crippen LogP contribution in [0, 0.1) is 0 Å². The molecule has 2 atom stereocenters. The molecule has 1 aromatic rings. The molecule has 1 aromatic carbocycles. The smallest absolute Gasteiger partial charge is 0.326 e. The van der Waals surface area contributed by atoms with Crippen molar-refractivity contribution in [1.82, 2.24) is 5.32 Å². The van der Waals surface area contributed by atoms with Crippen LogP contribution in [-0.4, -0.2) is 36.1 Å². The van der Waals surface area contributed by atoms with E-state index in [0.29, 0.717) is 18.6 Å². The number of rotatable bonds is 5. The molecular formula is C14H15F2NO4. The number of fused-ring (bicyclic) bond motifs is 1. The Hall–Kier alpha value is -2.02. The van der Waals surface area contributed by atoms with Crippen LogP contribution in [0.15, 0.2) is 24.3 Å². The molecule has 0 saturated carbocycles. The molecule has 114 valence electrons. The number of hydrogen-bond acceptors (Lipinski definition) is 3. The Labute approximate surface area is 119 Å². The van der Waals surface area contributed by atoms with E-state index in [2.05, 4.69) is 5.32 Å². The van der Waals surface area contributed by atoms with Crippen LogP contribution in [0.4, 0.5) is 8.78 Å². The topological polar surface area (TPSA) is 75.6 Å². The van der Waals surface area contributed by atoms with Gasteiger partial charge in [0.1, 0.15) is 6.04 Å². The van der Waals surface area contributed by atoms with Gasteiger partial charge < -0.3 is 15.2 Å². The van der Waals surface area contributed by atoms with E-state index in [9.17, 15) is 18.4 Å². The van der Waals surface area contributed by atoms with Gasteiger partial charge >= 0.3 is 5.97 Å². The van der Waals surface area contributed by atoms with Gasteiger partial charge in [-0.25, -0.2) is 13.6 Å². The molecule has 0 aromatic heterocycles. The maximum Gasteiger partial charge on any atom is 0.326 e. The quantitative estimate of drug-likeness (QED) is 0.864. The Kier molecular flexibility index (Phi) is 4.85. The highest BCUT2D eigenvalue weighted by atomic mass is 19.3. The van der Waals surface area contributed by atoms with Gasteiger partial charge in [0.25, 0.3) is 5.91 Å². The van der Waals surface area contributed by atoms with Gasteiger partial charge in [-0.05, 0) is 17.5 Å². The number of alkyl halides is 2. The van der Waals surface area contributed by atoms with E-state index in [1.54, 1.807) is 12.1 Å². The van der Waals surface area contributed by atoms with Gasteiger partial charge in [-0.1, -0.05) is 24.3 Å². The zero-order valence-electron chi connectivity index (χ0n) is 11.1. The monoisotopic (exact) mass is 299 g/mol. The summed E-state index contributed by atoms with van der Waals surface area (Å²) in [5, 5.41) is 11.0. The van der Waals surface area contributed by atoms with E-state index in [4.69, 9.17) is 9.84 Å². The molecule has 1 heterocycles. The third-order valence-corrected chi connectivity index (χ3v) is 3.26. The lowest BCUT2D eigenvalue weighted by atomic mass is 9.97. The summed E-state index contributed by atoms with van der Waals surface area (Å²) in [4.78, 5) is 23.0. The lowest BCUT2D eigenvalue weighted by Crippen LogP contribution is -2.45. The van der Waals surface area contributed by atoms with Crippen LogP contribution >= 0.6 is 0 Å². The number of aliphatic carboxylic acids is 1. The van der Waals surface area contributed by atoms with Gasteiger partial charge in [-0.3, -0.25) is 4.79 Å². The fourth-order valence-electron chi connectivity index (χ4n) is 2.26. The summed E-state index contributed by atoms with van der Waals surface area (Å²) in [6.45, 7) is 0.321. The standard InChI is InChI=1S/C14H15F2NO4/c15-11(16)7-10(14(19)20)17-13(18)12-9-4-2-1-3-8(9)5-6-21-12/h1-4,10-12H,5-7H2,(H,17,18)(H,19,20). The summed E-state index contributed by atoms with van der Waals surface area (Å²) in [5.74, 6) is -2.21. The number of carbonyl (C=O) groups is 2. The van der Waals surface area contributed by atoms with Crippen molar-refractivity contribution in [1.29, 1.82) is 0 Å². The number of hydrogen-bond donors (Lipinski definition) is 2. The molecule has 0 bridgehead atoms.